The van der Waals surface area contributed by atoms with Crippen LogP contribution in [0.5, 0.6) is 0 Å². The second-order valence-electron chi connectivity index (χ2n) is 5.13. The molecule has 1 unspecified atom stereocenters. The third-order valence-corrected chi connectivity index (χ3v) is 4.11. The van der Waals surface area contributed by atoms with Crippen molar-refractivity contribution in [3.05, 3.63) is 18.0 Å². The Kier molecular flexibility index (Phi) is 4.46. The Balaban J connectivity index is 1.71. The number of rotatable bonds is 4. The molecule has 96 valence electrons. The van der Waals surface area contributed by atoms with Gasteiger partial charge in [0.15, 0.2) is 0 Å². The molecule has 0 radical (unpaired) electrons. The van der Waals surface area contributed by atoms with Crippen molar-refractivity contribution in [2.45, 2.75) is 31.6 Å². The van der Waals surface area contributed by atoms with E-state index in [1.807, 2.05) is 17.9 Å². The molecule has 1 fully saturated rings. The molecule has 0 N–H and O–H groups in total. The maximum absolute atomic E-state index is 6.15. The normalized spacial score (nSPS) is 20.6. The zero-order chi connectivity index (χ0) is 12.3. The van der Waals surface area contributed by atoms with Crippen LogP contribution in [0, 0.1) is 5.92 Å². The lowest BCUT2D eigenvalue weighted by molar-refractivity contribution is 0.185. The van der Waals surface area contributed by atoms with Crippen molar-refractivity contribution in [1.29, 1.82) is 0 Å². The molecular weight excluding hydrogens is 234 g/mol. The van der Waals surface area contributed by atoms with E-state index in [0.717, 1.165) is 13.0 Å². The number of piperidine rings is 1. The third kappa shape index (κ3) is 3.71. The predicted octanol–water partition coefficient (Wildman–Crippen LogP) is 2.30. The van der Waals surface area contributed by atoms with Crippen molar-refractivity contribution in [1.82, 2.24) is 14.7 Å². The van der Waals surface area contributed by atoms with Gasteiger partial charge in [-0.2, -0.15) is 5.10 Å². The van der Waals surface area contributed by atoms with Crippen LogP contribution in [-0.4, -0.2) is 39.7 Å². The van der Waals surface area contributed by atoms with Crippen molar-refractivity contribution in [2.75, 3.05) is 19.6 Å². The first kappa shape index (κ1) is 12.9. The van der Waals surface area contributed by atoms with Crippen LogP contribution in [0.2, 0.25) is 0 Å². The van der Waals surface area contributed by atoms with Gasteiger partial charge < -0.3 is 4.90 Å². The lowest BCUT2D eigenvalue weighted by Gasteiger charge is -2.32. The van der Waals surface area contributed by atoms with Gasteiger partial charge in [-0.25, -0.2) is 0 Å². The molecule has 0 saturated carbocycles. The number of likely N-dealkylation sites (tertiary alicyclic amines) is 1. The Hall–Kier alpha value is -0.540. The van der Waals surface area contributed by atoms with Crippen LogP contribution in [-0.2, 0) is 13.5 Å². The topological polar surface area (TPSA) is 21.1 Å². The minimum absolute atomic E-state index is 0.329. The Labute approximate surface area is 109 Å². The molecule has 0 bridgehead atoms. The maximum atomic E-state index is 6.15. The summed E-state index contributed by atoms with van der Waals surface area (Å²) < 4.78 is 1.87. The Morgan fingerprint density at radius 3 is 2.71 bits per heavy atom. The molecular formula is C13H22ClN3. The van der Waals surface area contributed by atoms with Gasteiger partial charge in [0.1, 0.15) is 0 Å². The van der Waals surface area contributed by atoms with Gasteiger partial charge in [-0.15, -0.1) is 11.6 Å². The molecule has 3 nitrogen and oxygen atoms in total. The molecule has 0 aromatic carbocycles. The fourth-order valence-corrected chi connectivity index (χ4v) is 2.78. The molecule has 2 rings (SSSR count). The summed E-state index contributed by atoms with van der Waals surface area (Å²) in [6.07, 6.45) is 7.67. The number of alkyl halides is 1. The summed E-state index contributed by atoms with van der Waals surface area (Å²) in [6, 6.07) is 0. The van der Waals surface area contributed by atoms with E-state index in [1.165, 1.54) is 31.5 Å². The minimum Gasteiger partial charge on any atom is -0.303 e. The van der Waals surface area contributed by atoms with E-state index in [1.54, 1.807) is 0 Å². The van der Waals surface area contributed by atoms with Gasteiger partial charge in [-0.05, 0) is 50.8 Å². The van der Waals surface area contributed by atoms with Crippen molar-refractivity contribution in [3.63, 3.8) is 0 Å². The van der Waals surface area contributed by atoms with Crippen LogP contribution in [0.1, 0.15) is 25.3 Å². The summed E-state index contributed by atoms with van der Waals surface area (Å²) in [5, 5.41) is 4.53. The van der Waals surface area contributed by atoms with E-state index in [9.17, 15) is 0 Å². The van der Waals surface area contributed by atoms with Crippen molar-refractivity contribution in [3.8, 4) is 0 Å². The number of nitrogens with zero attached hydrogens (tertiary/aromatic N) is 3. The fraction of sp³-hybridized carbons (Fsp3) is 0.769. The largest absolute Gasteiger partial charge is 0.303 e. The van der Waals surface area contributed by atoms with Crippen LogP contribution in [0.15, 0.2) is 12.4 Å². The van der Waals surface area contributed by atoms with Crippen LogP contribution >= 0.6 is 11.6 Å². The quantitative estimate of drug-likeness (QED) is 0.770. The van der Waals surface area contributed by atoms with Gasteiger partial charge in [0.05, 0.1) is 6.20 Å². The van der Waals surface area contributed by atoms with E-state index in [-0.39, 0.29) is 0 Å². The lowest BCUT2D eigenvalue weighted by atomic mass is 9.94. The highest BCUT2D eigenvalue weighted by molar-refractivity contribution is 6.20. The zero-order valence-electron chi connectivity index (χ0n) is 10.8. The predicted molar refractivity (Wildman–Crippen MR) is 71.4 cm³/mol. The van der Waals surface area contributed by atoms with Gasteiger partial charge in [0.25, 0.3) is 0 Å². The van der Waals surface area contributed by atoms with E-state index in [0.29, 0.717) is 11.3 Å². The van der Waals surface area contributed by atoms with Crippen molar-refractivity contribution in [2.24, 2.45) is 13.0 Å². The molecule has 4 heteroatoms. The third-order valence-electron chi connectivity index (χ3n) is 3.76. The number of aryl methyl sites for hydroxylation is 1. The van der Waals surface area contributed by atoms with Crippen molar-refractivity contribution >= 4 is 11.6 Å². The second-order valence-corrected chi connectivity index (χ2v) is 5.82. The van der Waals surface area contributed by atoms with Crippen LogP contribution in [0.25, 0.3) is 0 Å². The number of hydrogen-bond acceptors (Lipinski definition) is 2. The first-order valence-electron chi connectivity index (χ1n) is 6.49. The van der Waals surface area contributed by atoms with Crippen LogP contribution in [0.4, 0.5) is 0 Å². The molecule has 2 heterocycles. The summed E-state index contributed by atoms with van der Waals surface area (Å²) in [6.45, 7) is 5.66. The van der Waals surface area contributed by atoms with E-state index in [4.69, 9.17) is 11.6 Å². The lowest BCUT2D eigenvalue weighted by Crippen LogP contribution is -2.37. The summed E-state index contributed by atoms with van der Waals surface area (Å²) >= 11 is 6.15. The van der Waals surface area contributed by atoms with Gasteiger partial charge in [-0.3, -0.25) is 4.68 Å². The minimum atomic E-state index is 0.329. The highest BCUT2D eigenvalue weighted by Gasteiger charge is 2.22. The molecule has 1 atom stereocenters. The number of aromatic nitrogens is 2. The Bertz CT molecular complexity index is 340. The Morgan fingerprint density at radius 1 is 1.47 bits per heavy atom. The highest BCUT2D eigenvalue weighted by Crippen LogP contribution is 2.23. The molecule has 1 aliphatic rings. The number of hydrogen-bond donors (Lipinski definition) is 0. The first-order chi connectivity index (χ1) is 8.15. The average molecular weight is 256 g/mol. The summed E-state index contributed by atoms with van der Waals surface area (Å²) in [5.41, 5.74) is 1.33. The summed E-state index contributed by atoms with van der Waals surface area (Å²) in [7, 11) is 1.97. The van der Waals surface area contributed by atoms with E-state index < -0.39 is 0 Å². The molecule has 1 aromatic rings. The van der Waals surface area contributed by atoms with Gasteiger partial charge in [-0.1, -0.05) is 0 Å². The fourth-order valence-electron chi connectivity index (χ4n) is 2.52. The molecule has 17 heavy (non-hydrogen) atoms. The molecule has 0 spiro atoms. The smallest absolute Gasteiger partial charge is 0.0522 e. The maximum Gasteiger partial charge on any atom is 0.0522 e. The SMILES string of the molecule is CC(Cl)C1CCN(CCc2cnn(C)c2)CC1. The summed E-state index contributed by atoms with van der Waals surface area (Å²) in [4.78, 5) is 2.54. The standard InChI is InChI=1S/C13H22ClN3/c1-11(14)13-4-7-17(8-5-13)6-3-12-9-15-16(2)10-12/h9-11,13H,3-8H2,1-2H3. The van der Waals surface area contributed by atoms with Crippen LogP contribution in [0.3, 0.4) is 0 Å². The van der Waals surface area contributed by atoms with E-state index >= 15 is 0 Å². The molecule has 0 aliphatic carbocycles. The average Bonchev–Trinajstić information content (AvgIpc) is 2.73. The van der Waals surface area contributed by atoms with Crippen molar-refractivity contribution < 1.29 is 0 Å². The van der Waals surface area contributed by atoms with E-state index in [2.05, 4.69) is 23.1 Å². The van der Waals surface area contributed by atoms with Gasteiger partial charge in [0, 0.05) is 25.2 Å². The second kappa shape index (κ2) is 5.87. The van der Waals surface area contributed by atoms with Gasteiger partial charge >= 0.3 is 0 Å². The number of halogens is 1. The van der Waals surface area contributed by atoms with Crippen LogP contribution < -0.4 is 0 Å². The molecule has 1 aromatic heterocycles. The summed E-state index contributed by atoms with van der Waals surface area (Å²) in [5.74, 6) is 0.714. The highest BCUT2D eigenvalue weighted by atomic mass is 35.5. The molecule has 1 aliphatic heterocycles. The first-order valence-corrected chi connectivity index (χ1v) is 6.93. The molecule has 0 amide bonds. The van der Waals surface area contributed by atoms with Gasteiger partial charge in [0.2, 0.25) is 0 Å². The molecule has 1 saturated heterocycles. The monoisotopic (exact) mass is 255 g/mol. The Morgan fingerprint density at radius 2 is 2.18 bits per heavy atom. The zero-order valence-corrected chi connectivity index (χ0v) is 11.5.